The zero-order valence-electron chi connectivity index (χ0n) is 15.0. The first kappa shape index (κ1) is 17.2. The molecule has 0 bridgehead atoms. The molecule has 0 saturated heterocycles. The Morgan fingerprint density at radius 3 is 2.82 bits per heavy atom. The highest BCUT2D eigenvalue weighted by Gasteiger charge is 2.43. The smallest absolute Gasteiger partial charge is 0.232 e. The van der Waals surface area contributed by atoms with E-state index in [-0.39, 0.29) is 18.1 Å². The monoisotopic (exact) mass is 399 g/mol. The molecule has 1 saturated carbocycles. The standard InChI is InChI=1S/C19H15F2N5OS/c1-7-14(10-6-22-26-16(10)8(2)15(7)21)12-3-4-13-18(23-12)28-19(24-13)25-17(27)9-5-11(9)20/h3-4,6,9,11H,5H2,1-2H3,(H,22,26)(H,24,25,27)/t9-,11+/m1/s1. The molecule has 9 heteroatoms. The zero-order valence-corrected chi connectivity index (χ0v) is 15.8. The van der Waals surface area contributed by atoms with Gasteiger partial charge in [0.15, 0.2) is 5.13 Å². The topological polar surface area (TPSA) is 83.6 Å². The number of benzene rings is 1. The molecule has 1 aromatic carbocycles. The van der Waals surface area contributed by atoms with Crippen molar-refractivity contribution in [1.82, 2.24) is 20.2 Å². The van der Waals surface area contributed by atoms with E-state index >= 15 is 0 Å². The number of H-pyrrole nitrogens is 1. The number of fused-ring (bicyclic) bond motifs is 2. The molecule has 3 aromatic heterocycles. The number of carbonyl (C=O) groups excluding carboxylic acids is 1. The molecule has 0 unspecified atom stereocenters. The Morgan fingerprint density at radius 2 is 2.07 bits per heavy atom. The van der Waals surface area contributed by atoms with Gasteiger partial charge in [0.05, 0.1) is 23.3 Å². The molecule has 0 spiro atoms. The van der Waals surface area contributed by atoms with Crippen molar-refractivity contribution < 1.29 is 13.6 Å². The minimum absolute atomic E-state index is 0.262. The number of alkyl halides is 1. The van der Waals surface area contributed by atoms with Crippen LogP contribution in [0.25, 0.3) is 32.5 Å². The second-order valence-electron chi connectivity index (χ2n) is 6.98. The number of aryl methyl sites for hydroxylation is 1. The van der Waals surface area contributed by atoms with Crippen LogP contribution in [0.2, 0.25) is 0 Å². The minimum atomic E-state index is -1.06. The molecule has 1 amide bonds. The number of halogens is 2. The number of hydrogen-bond donors (Lipinski definition) is 2. The van der Waals surface area contributed by atoms with Crippen LogP contribution in [0.5, 0.6) is 0 Å². The summed E-state index contributed by atoms with van der Waals surface area (Å²) in [5.41, 5.74) is 3.55. The lowest BCUT2D eigenvalue weighted by Crippen LogP contribution is -2.14. The number of hydrogen-bond acceptors (Lipinski definition) is 5. The van der Waals surface area contributed by atoms with E-state index in [1.54, 1.807) is 32.2 Å². The summed E-state index contributed by atoms with van der Waals surface area (Å²) in [5, 5.41) is 10.7. The summed E-state index contributed by atoms with van der Waals surface area (Å²) in [5.74, 6) is -1.23. The maximum atomic E-state index is 14.7. The Kier molecular flexibility index (Phi) is 3.70. The Hall–Kier alpha value is -2.94. The number of nitrogens with zero attached hydrogens (tertiary/aromatic N) is 3. The normalized spacial score (nSPS) is 18.7. The van der Waals surface area contributed by atoms with E-state index in [0.29, 0.717) is 43.4 Å². The molecule has 2 atom stereocenters. The fraction of sp³-hybridized carbons (Fsp3) is 0.263. The van der Waals surface area contributed by atoms with E-state index < -0.39 is 12.1 Å². The Bertz CT molecular complexity index is 1260. The van der Waals surface area contributed by atoms with Gasteiger partial charge < -0.3 is 5.32 Å². The van der Waals surface area contributed by atoms with Crippen molar-refractivity contribution in [1.29, 1.82) is 0 Å². The van der Waals surface area contributed by atoms with Crippen LogP contribution in [0.15, 0.2) is 18.3 Å². The highest BCUT2D eigenvalue weighted by atomic mass is 32.1. The first-order chi connectivity index (χ1) is 13.4. The van der Waals surface area contributed by atoms with Crippen molar-refractivity contribution in [2.24, 2.45) is 5.92 Å². The van der Waals surface area contributed by atoms with E-state index in [2.05, 4.69) is 25.5 Å². The fourth-order valence-electron chi connectivity index (χ4n) is 3.44. The molecule has 2 N–H and O–H groups in total. The van der Waals surface area contributed by atoms with Crippen LogP contribution in [0.4, 0.5) is 13.9 Å². The largest absolute Gasteiger partial charge is 0.302 e. The van der Waals surface area contributed by atoms with Gasteiger partial charge in [-0.15, -0.1) is 0 Å². The number of thiazole rings is 1. The second kappa shape index (κ2) is 6.03. The van der Waals surface area contributed by atoms with E-state index in [1.807, 2.05) is 0 Å². The molecular weight excluding hydrogens is 384 g/mol. The van der Waals surface area contributed by atoms with Gasteiger partial charge in [0.25, 0.3) is 0 Å². The van der Waals surface area contributed by atoms with Crippen LogP contribution in [0, 0.1) is 25.6 Å². The van der Waals surface area contributed by atoms with E-state index in [1.165, 1.54) is 11.3 Å². The van der Waals surface area contributed by atoms with Crippen LogP contribution >= 0.6 is 11.3 Å². The Labute approximate surface area is 162 Å². The van der Waals surface area contributed by atoms with E-state index in [4.69, 9.17) is 0 Å². The summed E-state index contributed by atoms with van der Waals surface area (Å²) >= 11 is 1.21. The van der Waals surface area contributed by atoms with Crippen molar-refractivity contribution in [3.05, 3.63) is 35.3 Å². The summed E-state index contributed by atoms with van der Waals surface area (Å²) in [7, 11) is 0. The minimum Gasteiger partial charge on any atom is -0.302 e. The van der Waals surface area contributed by atoms with Crippen molar-refractivity contribution in [2.75, 3.05) is 5.32 Å². The molecule has 6 nitrogen and oxygen atoms in total. The average Bonchev–Trinajstić information content (AvgIpc) is 3.06. The summed E-state index contributed by atoms with van der Waals surface area (Å²) in [6, 6.07) is 3.55. The summed E-state index contributed by atoms with van der Waals surface area (Å²) in [4.78, 5) is 21.5. The molecule has 3 heterocycles. The van der Waals surface area contributed by atoms with Gasteiger partial charge >= 0.3 is 0 Å². The van der Waals surface area contributed by atoms with Gasteiger partial charge in [-0.2, -0.15) is 5.10 Å². The van der Waals surface area contributed by atoms with Crippen LogP contribution in [-0.4, -0.2) is 32.2 Å². The Morgan fingerprint density at radius 1 is 1.29 bits per heavy atom. The number of rotatable bonds is 3. The lowest BCUT2D eigenvalue weighted by molar-refractivity contribution is -0.117. The first-order valence-corrected chi connectivity index (χ1v) is 9.60. The number of amides is 1. The Balaban J connectivity index is 1.58. The molecule has 5 rings (SSSR count). The van der Waals surface area contributed by atoms with Crippen molar-refractivity contribution in [3.8, 4) is 11.3 Å². The maximum Gasteiger partial charge on any atom is 0.232 e. The maximum absolute atomic E-state index is 14.7. The predicted molar refractivity (Wildman–Crippen MR) is 104 cm³/mol. The first-order valence-electron chi connectivity index (χ1n) is 8.78. The summed E-state index contributed by atoms with van der Waals surface area (Å²) in [6.07, 6.45) is 0.867. The molecule has 28 heavy (non-hydrogen) atoms. The molecule has 142 valence electrons. The molecule has 0 radical (unpaired) electrons. The summed E-state index contributed by atoms with van der Waals surface area (Å²) < 4.78 is 27.7. The third-order valence-electron chi connectivity index (χ3n) is 5.11. The number of carbonyl (C=O) groups is 1. The number of nitrogens with one attached hydrogen (secondary N) is 2. The van der Waals surface area contributed by atoms with Crippen LogP contribution in [0.1, 0.15) is 17.5 Å². The average molecular weight is 399 g/mol. The third kappa shape index (κ3) is 2.57. The number of pyridine rings is 1. The van der Waals surface area contributed by atoms with Gasteiger partial charge in [-0.1, -0.05) is 11.3 Å². The van der Waals surface area contributed by atoms with Crippen molar-refractivity contribution in [2.45, 2.75) is 26.4 Å². The van der Waals surface area contributed by atoms with Crippen molar-refractivity contribution in [3.63, 3.8) is 0 Å². The molecule has 1 fully saturated rings. The van der Waals surface area contributed by atoms with E-state index in [9.17, 15) is 13.6 Å². The van der Waals surface area contributed by atoms with Gasteiger partial charge in [0.1, 0.15) is 22.3 Å². The third-order valence-corrected chi connectivity index (χ3v) is 5.99. The van der Waals surface area contributed by atoms with Crippen LogP contribution in [-0.2, 0) is 4.79 Å². The molecule has 0 aliphatic heterocycles. The molecular formula is C19H15F2N5OS. The molecule has 1 aliphatic rings. The van der Waals surface area contributed by atoms with Gasteiger partial charge in [0, 0.05) is 16.5 Å². The highest BCUT2D eigenvalue weighted by molar-refractivity contribution is 7.22. The van der Waals surface area contributed by atoms with Gasteiger partial charge in [-0.05, 0) is 38.0 Å². The van der Waals surface area contributed by atoms with Gasteiger partial charge in [0.2, 0.25) is 5.91 Å². The number of aromatic nitrogens is 4. The van der Waals surface area contributed by atoms with Gasteiger partial charge in [-0.3, -0.25) is 9.89 Å². The predicted octanol–water partition coefficient (Wildman–Crippen LogP) is 4.29. The number of anilines is 1. The lowest BCUT2D eigenvalue weighted by atomic mass is 9.97. The lowest BCUT2D eigenvalue weighted by Gasteiger charge is -2.10. The highest BCUT2D eigenvalue weighted by Crippen LogP contribution is 2.37. The van der Waals surface area contributed by atoms with Crippen molar-refractivity contribution >= 4 is 43.6 Å². The van der Waals surface area contributed by atoms with E-state index in [0.717, 1.165) is 5.39 Å². The number of aromatic amines is 1. The molecule has 1 aliphatic carbocycles. The molecule has 4 aromatic rings. The summed E-state index contributed by atoms with van der Waals surface area (Å²) in [6.45, 7) is 3.43. The SMILES string of the molecule is Cc1c(F)c(C)c2[nH]ncc2c1-c1ccc2nc(NC(=O)[C@@H]3C[C@@H]3F)sc2n1. The van der Waals surface area contributed by atoms with Gasteiger partial charge in [-0.25, -0.2) is 18.7 Å². The fourth-order valence-corrected chi connectivity index (χ4v) is 4.28. The quantitative estimate of drug-likeness (QED) is 0.538. The van der Waals surface area contributed by atoms with Crippen LogP contribution in [0.3, 0.4) is 0 Å². The van der Waals surface area contributed by atoms with Crippen LogP contribution < -0.4 is 5.32 Å². The zero-order chi connectivity index (χ0) is 19.6. The second-order valence-corrected chi connectivity index (χ2v) is 7.96.